The largest absolute Gasteiger partial charge is 0.508 e. The van der Waals surface area contributed by atoms with Gasteiger partial charge in [-0.1, -0.05) is 31.2 Å². The van der Waals surface area contributed by atoms with Gasteiger partial charge in [-0.25, -0.2) is 4.39 Å². The molecule has 5 rings (SSSR count). The molecule has 0 bridgehead atoms. The van der Waals surface area contributed by atoms with Crippen molar-refractivity contribution in [3.8, 4) is 17.2 Å². The first-order valence-electron chi connectivity index (χ1n) is 12.3. The zero-order valence-corrected chi connectivity index (χ0v) is 20.5. The summed E-state index contributed by atoms with van der Waals surface area (Å²) in [5.74, 6) is 2.21. The number of allylic oxidation sites excluding steroid dienone is 1. The minimum atomic E-state index is -0.364. The van der Waals surface area contributed by atoms with E-state index in [0.29, 0.717) is 18.4 Å². The summed E-state index contributed by atoms with van der Waals surface area (Å²) in [7, 11) is 0. The Hall–Kier alpha value is -3.31. The van der Waals surface area contributed by atoms with Crippen LogP contribution in [0.15, 0.2) is 66.7 Å². The van der Waals surface area contributed by atoms with E-state index in [4.69, 9.17) is 9.47 Å². The average molecular weight is 474 g/mol. The minimum Gasteiger partial charge on any atom is -0.508 e. The molecule has 4 nitrogen and oxygen atoms in total. The SMILES string of the molecule is CC1=C(c2ccc(F)cc2)C(c2ccc(OC[C@H](C)N3CC[C@@H](C)C3)cc2)Oc2ccc(O)cc21. The number of halogens is 1. The lowest BCUT2D eigenvalue weighted by Gasteiger charge is -2.31. The number of phenols is 1. The summed E-state index contributed by atoms with van der Waals surface area (Å²) in [4.78, 5) is 2.49. The second-order valence-electron chi connectivity index (χ2n) is 9.84. The van der Waals surface area contributed by atoms with Crippen molar-refractivity contribution in [3.05, 3.63) is 89.2 Å². The third kappa shape index (κ3) is 4.92. The van der Waals surface area contributed by atoms with Gasteiger partial charge in [-0.05, 0) is 91.9 Å². The van der Waals surface area contributed by atoms with Crippen LogP contribution in [0.2, 0.25) is 0 Å². The van der Waals surface area contributed by atoms with Gasteiger partial charge in [0.15, 0.2) is 0 Å². The van der Waals surface area contributed by atoms with Gasteiger partial charge in [0.2, 0.25) is 0 Å². The molecule has 1 unspecified atom stereocenters. The van der Waals surface area contributed by atoms with E-state index in [9.17, 15) is 9.50 Å². The van der Waals surface area contributed by atoms with Crippen LogP contribution in [0, 0.1) is 11.7 Å². The second kappa shape index (κ2) is 9.74. The number of ether oxygens (including phenoxy) is 2. The van der Waals surface area contributed by atoms with Crippen LogP contribution < -0.4 is 9.47 Å². The molecule has 182 valence electrons. The van der Waals surface area contributed by atoms with Gasteiger partial charge in [0.05, 0.1) is 0 Å². The maximum Gasteiger partial charge on any atom is 0.150 e. The van der Waals surface area contributed by atoms with Crippen molar-refractivity contribution in [2.75, 3.05) is 19.7 Å². The van der Waals surface area contributed by atoms with Crippen molar-refractivity contribution in [1.29, 1.82) is 0 Å². The molecule has 0 spiro atoms. The monoisotopic (exact) mass is 473 g/mol. The van der Waals surface area contributed by atoms with Gasteiger partial charge in [-0.15, -0.1) is 0 Å². The van der Waals surface area contributed by atoms with Gasteiger partial charge in [0.1, 0.15) is 35.8 Å². The second-order valence-corrected chi connectivity index (χ2v) is 9.84. The molecule has 2 heterocycles. The fourth-order valence-corrected chi connectivity index (χ4v) is 5.10. The topological polar surface area (TPSA) is 41.9 Å². The molecule has 0 amide bonds. The summed E-state index contributed by atoms with van der Waals surface area (Å²) in [5, 5.41) is 10.0. The summed E-state index contributed by atoms with van der Waals surface area (Å²) in [6.07, 6.45) is 0.892. The number of aromatic hydroxyl groups is 1. The Morgan fingerprint density at radius 1 is 1.09 bits per heavy atom. The Morgan fingerprint density at radius 2 is 1.83 bits per heavy atom. The number of phenolic OH excluding ortho intramolecular Hbond substituents is 1. The molecular weight excluding hydrogens is 441 g/mol. The van der Waals surface area contributed by atoms with Crippen molar-refractivity contribution in [1.82, 2.24) is 4.90 Å². The first-order valence-corrected chi connectivity index (χ1v) is 12.3. The molecule has 2 aliphatic rings. The lowest BCUT2D eigenvalue weighted by molar-refractivity contribution is 0.169. The highest BCUT2D eigenvalue weighted by atomic mass is 19.1. The Bertz CT molecular complexity index is 1220. The molecule has 0 aromatic heterocycles. The summed E-state index contributed by atoms with van der Waals surface area (Å²) < 4.78 is 26.2. The maximum atomic E-state index is 13.7. The average Bonchev–Trinajstić information content (AvgIpc) is 3.30. The van der Waals surface area contributed by atoms with E-state index in [-0.39, 0.29) is 17.7 Å². The van der Waals surface area contributed by atoms with Crippen LogP contribution in [0.4, 0.5) is 4.39 Å². The molecule has 1 fully saturated rings. The first kappa shape index (κ1) is 23.4. The molecule has 3 aromatic rings. The van der Waals surface area contributed by atoms with Crippen molar-refractivity contribution < 1.29 is 19.0 Å². The predicted octanol–water partition coefficient (Wildman–Crippen LogP) is 6.70. The molecule has 1 N–H and O–H groups in total. The summed E-state index contributed by atoms with van der Waals surface area (Å²) in [5.41, 5.74) is 4.65. The Labute approximate surface area is 206 Å². The quantitative estimate of drug-likeness (QED) is 0.432. The number of nitrogens with zero attached hydrogens (tertiary/aromatic N) is 1. The van der Waals surface area contributed by atoms with E-state index in [1.165, 1.54) is 18.6 Å². The minimum absolute atomic E-state index is 0.183. The zero-order chi connectivity index (χ0) is 24.5. The molecule has 0 radical (unpaired) electrons. The maximum absolute atomic E-state index is 13.7. The van der Waals surface area contributed by atoms with Gasteiger partial charge in [-0.2, -0.15) is 0 Å². The molecule has 1 saturated heterocycles. The van der Waals surface area contributed by atoms with Crippen molar-refractivity contribution >= 4 is 11.1 Å². The van der Waals surface area contributed by atoms with E-state index in [1.54, 1.807) is 30.3 Å². The molecule has 0 aliphatic carbocycles. The number of rotatable bonds is 6. The lowest BCUT2D eigenvalue weighted by atomic mass is 9.86. The molecular formula is C30H32FNO3. The van der Waals surface area contributed by atoms with Crippen molar-refractivity contribution in [2.45, 2.75) is 39.3 Å². The van der Waals surface area contributed by atoms with Crippen molar-refractivity contribution in [3.63, 3.8) is 0 Å². The normalized spacial score (nSPS) is 20.9. The number of likely N-dealkylation sites (tertiary alicyclic amines) is 1. The molecule has 5 heteroatoms. The van der Waals surface area contributed by atoms with Crippen LogP contribution in [0.5, 0.6) is 17.2 Å². The standard InChI is InChI=1S/C30H32FNO3/c1-19-14-15-32(17-19)20(2)18-34-26-11-6-23(7-12-26)30-29(22-4-8-24(31)9-5-22)21(3)27-16-25(33)10-13-28(27)35-30/h4-13,16,19-20,30,33H,14-15,17-18H2,1-3H3/t19-,20+,30?/m1/s1. The van der Waals surface area contributed by atoms with Gasteiger partial charge >= 0.3 is 0 Å². The Morgan fingerprint density at radius 3 is 2.51 bits per heavy atom. The Kier molecular flexibility index (Phi) is 6.52. The number of fused-ring (bicyclic) bond motifs is 1. The fraction of sp³-hybridized carbons (Fsp3) is 0.333. The van der Waals surface area contributed by atoms with Crippen LogP contribution in [0.25, 0.3) is 11.1 Å². The van der Waals surface area contributed by atoms with Gasteiger partial charge in [0, 0.05) is 23.7 Å². The molecule has 35 heavy (non-hydrogen) atoms. The third-order valence-electron chi connectivity index (χ3n) is 7.19. The predicted molar refractivity (Wildman–Crippen MR) is 137 cm³/mol. The van der Waals surface area contributed by atoms with Gasteiger partial charge in [-0.3, -0.25) is 4.90 Å². The number of benzene rings is 3. The summed E-state index contributed by atoms with van der Waals surface area (Å²) in [6.45, 7) is 9.48. The lowest BCUT2D eigenvalue weighted by Crippen LogP contribution is -2.35. The van der Waals surface area contributed by atoms with Crippen LogP contribution in [-0.4, -0.2) is 35.7 Å². The molecule has 3 atom stereocenters. The van der Waals surface area contributed by atoms with Crippen LogP contribution >= 0.6 is 0 Å². The van der Waals surface area contributed by atoms with E-state index < -0.39 is 0 Å². The first-order chi connectivity index (χ1) is 16.9. The zero-order valence-electron chi connectivity index (χ0n) is 20.5. The summed E-state index contributed by atoms with van der Waals surface area (Å²) in [6, 6.07) is 20.0. The highest BCUT2D eigenvalue weighted by Crippen LogP contribution is 2.47. The van der Waals surface area contributed by atoms with Gasteiger partial charge in [0.25, 0.3) is 0 Å². The highest BCUT2D eigenvalue weighted by Gasteiger charge is 2.30. The van der Waals surface area contributed by atoms with E-state index >= 15 is 0 Å². The Balaban J connectivity index is 1.40. The van der Waals surface area contributed by atoms with E-state index in [1.807, 2.05) is 31.2 Å². The highest BCUT2D eigenvalue weighted by molar-refractivity contribution is 5.95. The molecule has 0 saturated carbocycles. The number of hydrogen-bond acceptors (Lipinski definition) is 4. The van der Waals surface area contributed by atoms with E-state index in [2.05, 4.69) is 18.7 Å². The van der Waals surface area contributed by atoms with Crippen LogP contribution in [0.1, 0.15) is 50.0 Å². The smallest absolute Gasteiger partial charge is 0.150 e. The fourth-order valence-electron chi connectivity index (χ4n) is 5.10. The van der Waals surface area contributed by atoms with Crippen molar-refractivity contribution in [2.24, 2.45) is 5.92 Å². The van der Waals surface area contributed by atoms with Crippen LogP contribution in [0.3, 0.4) is 0 Å². The van der Waals surface area contributed by atoms with E-state index in [0.717, 1.165) is 52.6 Å². The molecule has 2 aliphatic heterocycles. The van der Waals surface area contributed by atoms with Crippen LogP contribution in [-0.2, 0) is 0 Å². The molecule has 3 aromatic carbocycles. The third-order valence-corrected chi connectivity index (χ3v) is 7.19. The summed E-state index contributed by atoms with van der Waals surface area (Å²) >= 11 is 0. The number of hydrogen-bond donors (Lipinski definition) is 1. The van der Waals surface area contributed by atoms with Gasteiger partial charge < -0.3 is 14.6 Å².